The Morgan fingerprint density at radius 1 is 1.10 bits per heavy atom. The lowest BCUT2D eigenvalue weighted by molar-refractivity contribution is 0.347. The topological polar surface area (TPSA) is 43.4 Å². The summed E-state index contributed by atoms with van der Waals surface area (Å²) >= 11 is 0. The van der Waals surface area contributed by atoms with E-state index in [-0.39, 0.29) is 6.04 Å². The van der Waals surface area contributed by atoms with Crippen LogP contribution in [0.1, 0.15) is 17.3 Å². The molecule has 0 spiro atoms. The number of para-hydroxylation sites is 1. The molecule has 0 aliphatic heterocycles. The predicted molar refractivity (Wildman–Crippen MR) is 79.3 cm³/mol. The van der Waals surface area contributed by atoms with Crippen LogP contribution in [0.3, 0.4) is 0 Å². The second-order valence-corrected chi connectivity index (χ2v) is 4.45. The number of pyridine rings is 1. The molecule has 106 valence electrons. The van der Waals surface area contributed by atoms with Gasteiger partial charge in [0.1, 0.15) is 0 Å². The van der Waals surface area contributed by atoms with Crippen molar-refractivity contribution in [2.75, 3.05) is 21.3 Å². The molecule has 1 heterocycles. The van der Waals surface area contributed by atoms with Gasteiger partial charge in [0, 0.05) is 29.9 Å². The van der Waals surface area contributed by atoms with Crippen LogP contribution in [0.5, 0.6) is 11.5 Å². The average molecular weight is 272 g/mol. The molecule has 1 atom stereocenters. The van der Waals surface area contributed by atoms with Gasteiger partial charge in [-0.05, 0) is 25.2 Å². The Morgan fingerprint density at radius 2 is 1.95 bits per heavy atom. The third-order valence-corrected chi connectivity index (χ3v) is 3.30. The normalized spacial score (nSPS) is 11.9. The van der Waals surface area contributed by atoms with Crippen LogP contribution < -0.4 is 14.8 Å². The number of rotatable bonds is 6. The first-order valence-electron chi connectivity index (χ1n) is 6.58. The number of aromatic nitrogens is 1. The van der Waals surface area contributed by atoms with E-state index in [4.69, 9.17) is 9.47 Å². The molecule has 4 nitrogen and oxygen atoms in total. The lowest BCUT2D eigenvalue weighted by Crippen LogP contribution is -2.20. The van der Waals surface area contributed by atoms with Crippen LogP contribution >= 0.6 is 0 Å². The second-order valence-electron chi connectivity index (χ2n) is 4.45. The van der Waals surface area contributed by atoms with Gasteiger partial charge in [-0.25, -0.2) is 0 Å². The molecule has 0 radical (unpaired) electrons. The molecular weight excluding hydrogens is 252 g/mol. The standard InChI is InChI=1S/C16H20N2O2/c1-17-14(11-12-7-4-5-10-18-12)13-8-6-9-15(19-2)16(13)20-3/h4-10,14,17H,11H2,1-3H3. The summed E-state index contributed by atoms with van der Waals surface area (Å²) in [5.41, 5.74) is 2.11. The minimum atomic E-state index is 0.120. The van der Waals surface area contributed by atoms with Gasteiger partial charge >= 0.3 is 0 Å². The highest BCUT2D eigenvalue weighted by molar-refractivity contribution is 5.48. The van der Waals surface area contributed by atoms with Gasteiger partial charge in [-0.1, -0.05) is 18.2 Å². The number of likely N-dealkylation sites (N-methyl/N-ethyl adjacent to an activating group) is 1. The molecule has 0 bridgehead atoms. The summed E-state index contributed by atoms with van der Waals surface area (Å²) in [5.74, 6) is 1.51. The minimum Gasteiger partial charge on any atom is -0.493 e. The first-order chi connectivity index (χ1) is 9.80. The molecule has 0 saturated heterocycles. The molecule has 1 aromatic heterocycles. The van der Waals surface area contributed by atoms with E-state index in [0.717, 1.165) is 29.2 Å². The van der Waals surface area contributed by atoms with Crippen molar-refractivity contribution in [3.05, 3.63) is 53.9 Å². The van der Waals surface area contributed by atoms with Crippen LogP contribution in [-0.4, -0.2) is 26.3 Å². The number of ether oxygens (including phenoxy) is 2. The number of hydrogen-bond acceptors (Lipinski definition) is 4. The van der Waals surface area contributed by atoms with Crippen molar-refractivity contribution < 1.29 is 9.47 Å². The van der Waals surface area contributed by atoms with Gasteiger partial charge in [0.25, 0.3) is 0 Å². The summed E-state index contributed by atoms with van der Waals surface area (Å²) in [5, 5.41) is 3.32. The van der Waals surface area contributed by atoms with Crippen LogP contribution in [0.15, 0.2) is 42.6 Å². The van der Waals surface area contributed by atoms with Crippen LogP contribution in [0.2, 0.25) is 0 Å². The van der Waals surface area contributed by atoms with Crippen molar-refractivity contribution in [1.82, 2.24) is 10.3 Å². The fourth-order valence-corrected chi connectivity index (χ4v) is 2.28. The molecule has 4 heteroatoms. The van der Waals surface area contributed by atoms with E-state index in [1.54, 1.807) is 14.2 Å². The third kappa shape index (κ3) is 3.08. The maximum absolute atomic E-state index is 5.50. The van der Waals surface area contributed by atoms with E-state index in [9.17, 15) is 0 Å². The zero-order chi connectivity index (χ0) is 14.4. The van der Waals surface area contributed by atoms with Crippen molar-refractivity contribution in [3.8, 4) is 11.5 Å². The smallest absolute Gasteiger partial charge is 0.165 e. The quantitative estimate of drug-likeness (QED) is 0.878. The first kappa shape index (κ1) is 14.3. The van der Waals surface area contributed by atoms with Gasteiger partial charge in [0.05, 0.1) is 14.2 Å². The summed E-state index contributed by atoms with van der Waals surface area (Å²) in [7, 11) is 5.25. The highest BCUT2D eigenvalue weighted by Crippen LogP contribution is 2.35. The second kappa shape index (κ2) is 6.91. The number of nitrogens with one attached hydrogen (secondary N) is 1. The Labute approximate surface area is 119 Å². The van der Waals surface area contributed by atoms with Crippen LogP contribution in [0.4, 0.5) is 0 Å². The van der Waals surface area contributed by atoms with Gasteiger partial charge in [-0.3, -0.25) is 4.98 Å². The maximum Gasteiger partial charge on any atom is 0.165 e. The number of methoxy groups -OCH3 is 2. The Kier molecular flexibility index (Phi) is 4.96. The van der Waals surface area contributed by atoms with E-state index < -0.39 is 0 Å². The van der Waals surface area contributed by atoms with Gasteiger partial charge in [0.2, 0.25) is 0 Å². The highest BCUT2D eigenvalue weighted by atomic mass is 16.5. The SMILES string of the molecule is CNC(Cc1ccccn1)c1cccc(OC)c1OC. The summed E-state index contributed by atoms with van der Waals surface area (Å²) in [6.45, 7) is 0. The Bertz CT molecular complexity index is 543. The highest BCUT2D eigenvalue weighted by Gasteiger charge is 2.18. The molecule has 0 fully saturated rings. The van der Waals surface area contributed by atoms with Crippen LogP contribution in [0.25, 0.3) is 0 Å². The number of hydrogen-bond donors (Lipinski definition) is 1. The summed E-state index contributed by atoms with van der Waals surface area (Å²) in [6.07, 6.45) is 2.60. The molecule has 0 aliphatic carbocycles. The van der Waals surface area contributed by atoms with E-state index in [2.05, 4.69) is 10.3 Å². The molecule has 20 heavy (non-hydrogen) atoms. The van der Waals surface area contributed by atoms with E-state index >= 15 is 0 Å². The largest absolute Gasteiger partial charge is 0.493 e. The summed E-state index contributed by atoms with van der Waals surface area (Å²) < 4.78 is 10.9. The molecule has 1 unspecified atom stereocenters. The maximum atomic E-state index is 5.50. The minimum absolute atomic E-state index is 0.120. The molecule has 2 rings (SSSR count). The van der Waals surface area contributed by atoms with Crippen molar-refractivity contribution in [2.45, 2.75) is 12.5 Å². The van der Waals surface area contributed by atoms with E-state index in [1.807, 2.05) is 49.6 Å². The number of nitrogens with zero attached hydrogens (tertiary/aromatic N) is 1. The van der Waals surface area contributed by atoms with E-state index in [1.165, 1.54) is 0 Å². The van der Waals surface area contributed by atoms with Gasteiger partial charge < -0.3 is 14.8 Å². The first-order valence-corrected chi connectivity index (χ1v) is 6.58. The monoisotopic (exact) mass is 272 g/mol. The molecular formula is C16H20N2O2. The molecule has 1 aromatic carbocycles. The van der Waals surface area contributed by atoms with Crippen LogP contribution in [0, 0.1) is 0 Å². The zero-order valence-electron chi connectivity index (χ0n) is 12.1. The summed E-state index contributed by atoms with van der Waals surface area (Å²) in [4.78, 5) is 4.38. The fraction of sp³-hybridized carbons (Fsp3) is 0.312. The molecule has 0 amide bonds. The molecule has 1 N–H and O–H groups in total. The van der Waals surface area contributed by atoms with Gasteiger partial charge in [-0.15, -0.1) is 0 Å². The summed E-state index contributed by atoms with van der Waals surface area (Å²) in [6, 6.07) is 12.0. The average Bonchev–Trinajstić information content (AvgIpc) is 2.52. The Morgan fingerprint density at radius 3 is 2.55 bits per heavy atom. The lowest BCUT2D eigenvalue weighted by Gasteiger charge is -2.20. The number of benzene rings is 1. The predicted octanol–water partition coefficient (Wildman–Crippen LogP) is 2.60. The van der Waals surface area contributed by atoms with Crippen LogP contribution in [-0.2, 0) is 6.42 Å². The van der Waals surface area contributed by atoms with Crippen molar-refractivity contribution in [3.63, 3.8) is 0 Å². The van der Waals surface area contributed by atoms with Crippen molar-refractivity contribution in [2.24, 2.45) is 0 Å². The van der Waals surface area contributed by atoms with E-state index in [0.29, 0.717) is 0 Å². The van der Waals surface area contributed by atoms with Crippen molar-refractivity contribution in [1.29, 1.82) is 0 Å². The lowest BCUT2D eigenvalue weighted by atomic mass is 10.00. The Balaban J connectivity index is 2.32. The molecule has 0 aliphatic rings. The van der Waals surface area contributed by atoms with Gasteiger partial charge in [-0.2, -0.15) is 0 Å². The molecule has 2 aromatic rings. The van der Waals surface area contributed by atoms with Crippen molar-refractivity contribution >= 4 is 0 Å². The zero-order valence-corrected chi connectivity index (χ0v) is 12.1. The fourth-order valence-electron chi connectivity index (χ4n) is 2.28. The Hall–Kier alpha value is -2.07. The van der Waals surface area contributed by atoms with Gasteiger partial charge in [0.15, 0.2) is 11.5 Å². The third-order valence-electron chi connectivity index (χ3n) is 3.30. The molecule has 0 saturated carbocycles.